The minimum absolute atomic E-state index is 0.0570. The van der Waals surface area contributed by atoms with Crippen molar-refractivity contribution >= 4 is 16.7 Å². The van der Waals surface area contributed by atoms with E-state index in [-0.39, 0.29) is 13.2 Å². The highest BCUT2D eigenvalue weighted by Crippen LogP contribution is 2.25. The molecule has 0 aromatic heterocycles. The molecule has 0 N–H and O–H groups in total. The van der Waals surface area contributed by atoms with E-state index in [9.17, 15) is 4.79 Å². The van der Waals surface area contributed by atoms with Crippen molar-refractivity contribution in [2.24, 2.45) is 0 Å². The van der Waals surface area contributed by atoms with Crippen LogP contribution in [0.4, 0.5) is 0 Å². The third-order valence-corrected chi connectivity index (χ3v) is 3.62. The molecule has 3 aromatic carbocycles. The number of carbonyl (C=O) groups excluding carboxylic acids is 1. The van der Waals surface area contributed by atoms with E-state index in [1.165, 1.54) is 0 Å². The first-order chi connectivity index (χ1) is 11.8. The van der Waals surface area contributed by atoms with Gasteiger partial charge in [0.1, 0.15) is 12.4 Å². The van der Waals surface area contributed by atoms with E-state index < -0.39 is 5.97 Å². The molecule has 0 saturated carbocycles. The van der Waals surface area contributed by atoms with Gasteiger partial charge in [-0.1, -0.05) is 54.6 Å². The lowest BCUT2D eigenvalue weighted by Gasteiger charge is -2.10. The van der Waals surface area contributed by atoms with Crippen LogP contribution in [0.25, 0.3) is 10.8 Å². The number of ether oxygens (including phenoxy) is 2. The number of nitriles is 1. The van der Waals surface area contributed by atoms with Gasteiger partial charge in [-0.3, -0.25) is 0 Å². The van der Waals surface area contributed by atoms with Crippen LogP contribution in [-0.2, 0) is 16.1 Å². The first-order valence-electron chi connectivity index (χ1n) is 7.52. The first-order valence-corrected chi connectivity index (χ1v) is 7.52. The molecule has 0 aliphatic carbocycles. The smallest absolute Gasteiger partial charge is 0.344 e. The van der Waals surface area contributed by atoms with E-state index in [2.05, 4.69) is 6.07 Å². The first kappa shape index (κ1) is 15.6. The Hall–Kier alpha value is -3.32. The van der Waals surface area contributed by atoms with Gasteiger partial charge in [-0.2, -0.15) is 5.26 Å². The molecule has 3 rings (SSSR count). The molecule has 4 heteroatoms. The van der Waals surface area contributed by atoms with Gasteiger partial charge in [0.15, 0.2) is 6.61 Å². The van der Waals surface area contributed by atoms with Crippen LogP contribution in [0, 0.1) is 11.3 Å². The Bertz CT molecular complexity index is 907. The highest BCUT2D eigenvalue weighted by molar-refractivity contribution is 5.88. The fraction of sp³-hybridized carbons (Fsp3) is 0.100. The zero-order valence-corrected chi connectivity index (χ0v) is 12.9. The van der Waals surface area contributed by atoms with E-state index in [4.69, 9.17) is 14.7 Å². The maximum Gasteiger partial charge on any atom is 0.344 e. The van der Waals surface area contributed by atoms with E-state index in [0.29, 0.717) is 16.9 Å². The summed E-state index contributed by atoms with van der Waals surface area (Å²) in [7, 11) is 0. The minimum atomic E-state index is -0.476. The number of fused-ring (bicyclic) bond motifs is 1. The lowest BCUT2D eigenvalue weighted by Crippen LogP contribution is -2.15. The van der Waals surface area contributed by atoms with Crippen LogP contribution in [0.2, 0.25) is 0 Å². The van der Waals surface area contributed by atoms with E-state index >= 15 is 0 Å². The third-order valence-electron chi connectivity index (χ3n) is 3.62. The van der Waals surface area contributed by atoms with Gasteiger partial charge >= 0.3 is 5.97 Å². The number of esters is 1. The molecule has 0 spiro atoms. The molecule has 0 saturated heterocycles. The van der Waals surface area contributed by atoms with Gasteiger partial charge in [0.25, 0.3) is 0 Å². The van der Waals surface area contributed by atoms with Crippen LogP contribution < -0.4 is 4.74 Å². The third kappa shape index (κ3) is 3.53. The molecule has 24 heavy (non-hydrogen) atoms. The molecule has 0 aliphatic rings. The Morgan fingerprint density at radius 3 is 2.58 bits per heavy atom. The molecule has 0 atom stereocenters. The zero-order valence-electron chi connectivity index (χ0n) is 12.9. The van der Waals surface area contributed by atoms with E-state index in [1.807, 2.05) is 42.5 Å². The lowest BCUT2D eigenvalue weighted by atomic mass is 10.1. The van der Waals surface area contributed by atoms with Gasteiger partial charge in [-0.25, -0.2) is 4.79 Å². The molecular formula is C20H15NO3. The highest BCUT2D eigenvalue weighted by atomic mass is 16.6. The second-order valence-electron chi connectivity index (χ2n) is 5.20. The molecule has 3 aromatic rings. The van der Waals surface area contributed by atoms with Gasteiger partial charge in [0.05, 0.1) is 11.6 Å². The number of hydrogen-bond donors (Lipinski definition) is 0. The van der Waals surface area contributed by atoms with Crippen LogP contribution in [-0.4, -0.2) is 12.6 Å². The minimum Gasteiger partial charge on any atom is -0.481 e. The predicted molar refractivity (Wildman–Crippen MR) is 90.4 cm³/mol. The van der Waals surface area contributed by atoms with Gasteiger partial charge < -0.3 is 9.47 Å². The molecule has 0 bridgehead atoms. The molecule has 0 heterocycles. The molecule has 4 nitrogen and oxygen atoms in total. The second-order valence-corrected chi connectivity index (χ2v) is 5.20. The standard InChI is InChI=1S/C20H15NO3/c21-12-16-7-1-2-8-17(16)13-24-20(22)14-23-19-11-5-9-15-6-3-4-10-18(15)19/h1-11H,13-14H2. The largest absolute Gasteiger partial charge is 0.481 e. The van der Waals surface area contributed by atoms with Gasteiger partial charge in [0.2, 0.25) is 0 Å². The molecule has 0 amide bonds. The maximum atomic E-state index is 11.9. The summed E-state index contributed by atoms with van der Waals surface area (Å²) < 4.78 is 10.8. The van der Waals surface area contributed by atoms with Crippen molar-refractivity contribution in [3.63, 3.8) is 0 Å². The van der Waals surface area contributed by atoms with Crippen molar-refractivity contribution in [3.8, 4) is 11.8 Å². The number of benzene rings is 3. The Morgan fingerprint density at radius 2 is 1.71 bits per heavy atom. The van der Waals surface area contributed by atoms with Gasteiger partial charge in [0, 0.05) is 10.9 Å². The van der Waals surface area contributed by atoms with Crippen LogP contribution in [0.15, 0.2) is 66.7 Å². The van der Waals surface area contributed by atoms with Gasteiger partial charge in [-0.05, 0) is 17.5 Å². The Kier molecular flexibility index (Phi) is 4.73. The number of carbonyl (C=O) groups is 1. The molecule has 0 unspecified atom stereocenters. The molecule has 0 radical (unpaired) electrons. The topological polar surface area (TPSA) is 59.3 Å². The van der Waals surface area contributed by atoms with Crippen molar-refractivity contribution < 1.29 is 14.3 Å². The summed E-state index contributed by atoms with van der Waals surface area (Å²) in [6, 6.07) is 22.6. The van der Waals surface area contributed by atoms with E-state index in [0.717, 1.165) is 10.8 Å². The van der Waals surface area contributed by atoms with Crippen molar-refractivity contribution in [3.05, 3.63) is 77.9 Å². The average Bonchev–Trinajstić information content (AvgIpc) is 2.64. The molecule has 0 fully saturated rings. The SMILES string of the molecule is N#Cc1ccccc1COC(=O)COc1cccc2ccccc12. The van der Waals surface area contributed by atoms with Crippen molar-refractivity contribution in [2.45, 2.75) is 6.61 Å². The Labute approximate surface area is 139 Å². The molecular weight excluding hydrogens is 302 g/mol. The van der Waals surface area contributed by atoms with Crippen molar-refractivity contribution in [2.75, 3.05) is 6.61 Å². The molecule has 0 aliphatic heterocycles. The average molecular weight is 317 g/mol. The highest BCUT2D eigenvalue weighted by Gasteiger charge is 2.08. The van der Waals surface area contributed by atoms with Crippen LogP contribution >= 0.6 is 0 Å². The summed E-state index contributed by atoms with van der Waals surface area (Å²) in [6.07, 6.45) is 0. The maximum absolute atomic E-state index is 11.9. The monoisotopic (exact) mass is 317 g/mol. The fourth-order valence-corrected chi connectivity index (χ4v) is 2.41. The molecule has 118 valence electrons. The summed E-state index contributed by atoms with van der Waals surface area (Å²) in [5.74, 6) is 0.165. The summed E-state index contributed by atoms with van der Waals surface area (Å²) in [4.78, 5) is 11.9. The van der Waals surface area contributed by atoms with Crippen LogP contribution in [0.1, 0.15) is 11.1 Å². The number of nitrogens with zero attached hydrogens (tertiary/aromatic N) is 1. The normalized spacial score (nSPS) is 10.1. The predicted octanol–water partition coefficient (Wildman–Crippen LogP) is 3.83. The summed E-state index contributed by atoms with van der Waals surface area (Å²) >= 11 is 0. The van der Waals surface area contributed by atoms with Crippen molar-refractivity contribution in [1.29, 1.82) is 5.26 Å². The zero-order chi connectivity index (χ0) is 16.8. The van der Waals surface area contributed by atoms with Gasteiger partial charge in [-0.15, -0.1) is 0 Å². The summed E-state index contributed by atoms with van der Waals surface area (Å²) in [5, 5.41) is 11.0. The Morgan fingerprint density at radius 1 is 0.958 bits per heavy atom. The summed E-state index contributed by atoms with van der Waals surface area (Å²) in [5.41, 5.74) is 1.18. The fourth-order valence-electron chi connectivity index (χ4n) is 2.41. The summed E-state index contributed by atoms with van der Waals surface area (Å²) in [6.45, 7) is -0.121. The second kappa shape index (κ2) is 7.30. The van der Waals surface area contributed by atoms with Crippen LogP contribution in [0.5, 0.6) is 5.75 Å². The van der Waals surface area contributed by atoms with Crippen molar-refractivity contribution in [1.82, 2.24) is 0 Å². The lowest BCUT2D eigenvalue weighted by molar-refractivity contribution is -0.147. The van der Waals surface area contributed by atoms with E-state index in [1.54, 1.807) is 24.3 Å². The quantitative estimate of drug-likeness (QED) is 0.671. The number of rotatable bonds is 5. The van der Waals surface area contributed by atoms with Crippen LogP contribution in [0.3, 0.4) is 0 Å². The Balaban J connectivity index is 1.60. The number of hydrogen-bond acceptors (Lipinski definition) is 4.